The van der Waals surface area contributed by atoms with E-state index in [0.717, 1.165) is 22.1 Å². The van der Waals surface area contributed by atoms with E-state index in [4.69, 9.17) is 11.6 Å². The van der Waals surface area contributed by atoms with Crippen molar-refractivity contribution in [3.63, 3.8) is 0 Å². The maximum absolute atomic E-state index is 5.80. The molecule has 13 heavy (non-hydrogen) atoms. The molecule has 0 nitrogen and oxygen atoms in total. The maximum Gasteiger partial charge on any atom is 0.0406 e. The molecule has 0 aromatic heterocycles. The first-order chi connectivity index (χ1) is 6.26. The van der Waals surface area contributed by atoms with E-state index in [2.05, 4.69) is 44.0 Å². The average Bonchev–Trinajstić information content (AvgIpc) is 2.17. The minimum absolute atomic E-state index is 0.654. The lowest BCUT2D eigenvalue weighted by Gasteiger charge is -2.09. The lowest BCUT2D eigenvalue weighted by molar-refractivity contribution is 0.679. The van der Waals surface area contributed by atoms with E-state index in [-0.39, 0.29) is 0 Å². The third kappa shape index (κ3) is 4.01. The van der Waals surface area contributed by atoms with Crippen LogP contribution in [-0.4, -0.2) is 10.7 Å². The molecule has 1 aromatic carbocycles. The molecule has 0 spiro atoms. The van der Waals surface area contributed by atoms with Gasteiger partial charge in [0.25, 0.3) is 0 Å². The molecule has 1 rings (SSSR count). The Labute approximate surface area is 101 Å². The minimum Gasteiger partial charge on any atom is -0.0925 e. The van der Waals surface area contributed by atoms with E-state index in [1.165, 1.54) is 5.56 Å². The number of benzene rings is 1. The van der Waals surface area contributed by atoms with Crippen molar-refractivity contribution >= 4 is 43.5 Å². The van der Waals surface area contributed by atoms with Crippen LogP contribution in [0, 0.1) is 5.92 Å². The molecule has 0 fully saturated rings. The SMILES string of the molecule is Clc1ccc(CC(CBr)CBr)cc1. The quantitative estimate of drug-likeness (QED) is 0.724. The molecule has 0 saturated heterocycles. The van der Waals surface area contributed by atoms with Crippen LogP contribution in [0.1, 0.15) is 5.56 Å². The third-order valence-electron chi connectivity index (χ3n) is 1.87. The van der Waals surface area contributed by atoms with Crippen LogP contribution in [0.15, 0.2) is 24.3 Å². The molecule has 72 valence electrons. The Morgan fingerprint density at radius 2 is 1.62 bits per heavy atom. The van der Waals surface area contributed by atoms with Gasteiger partial charge in [-0.15, -0.1) is 0 Å². The van der Waals surface area contributed by atoms with Crippen LogP contribution in [0.2, 0.25) is 5.02 Å². The van der Waals surface area contributed by atoms with Gasteiger partial charge >= 0.3 is 0 Å². The maximum atomic E-state index is 5.80. The summed E-state index contributed by atoms with van der Waals surface area (Å²) in [5.74, 6) is 0.654. The molecular weight excluding hydrogens is 315 g/mol. The molecule has 0 atom stereocenters. The Morgan fingerprint density at radius 1 is 1.08 bits per heavy atom. The number of hydrogen-bond donors (Lipinski definition) is 0. The Balaban J connectivity index is 2.58. The molecule has 0 unspecified atom stereocenters. The predicted octanol–water partition coefficient (Wildman–Crippen LogP) is 4.29. The van der Waals surface area contributed by atoms with Crippen LogP contribution in [-0.2, 0) is 6.42 Å². The fraction of sp³-hybridized carbons (Fsp3) is 0.400. The minimum atomic E-state index is 0.654. The molecule has 0 saturated carbocycles. The van der Waals surface area contributed by atoms with Crippen molar-refractivity contribution < 1.29 is 0 Å². The summed E-state index contributed by atoms with van der Waals surface area (Å²) in [6.45, 7) is 0. The van der Waals surface area contributed by atoms with Crippen molar-refractivity contribution in [1.29, 1.82) is 0 Å². The van der Waals surface area contributed by atoms with Crippen LogP contribution in [0.25, 0.3) is 0 Å². The highest BCUT2D eigenvalue weighted by molar-refractivity contribution is 9.09. The van der Waals surface area contributed by atoms with Gasteiger partial charge in [-0.25, -0.2) is 0 Å². The molecule has 0 heterocycles. The van der Waals surface area contributed by atoms with Gasteiger partial charge in [0.2, 0.25) is 0 Å². The van der Waals surface area contributed by atoms with Crippen LogP contribution in [0.5, 0.6) is 0 Å². The summed E-state index contributed by atoms with van der Waals surface area (Å²) in [4.78, 5) is 0. The Hall–Kier alpha value is 0.470. The molecule has 0 bridgehead atoms. The number of halogens is 3. The van der Waals surface area contributed by atoms with Gasteiger partial charge in [-0.2, -0.15) is 0 Å². The lowest BCUT2D eigenvalue weighted by Crippen LogP contribution is -2.07. The number of alkyl halides is 2. The van der Waals surface area contributed by atoms with E-state index in [0.29, 0.717) is 5.92 Å². The summed E-state index contributed by atoms with van der Waals surface area (Å²) in [5.41, 5.74) is 1.34. The van der Waals surface area contributed by atoms with E-state index in [1.54, 1.807) is 0 Å². The Morgan fingerprint density at radius 3 is 2.08 bits per heavy atom. The predicted molar refractivity (Wildman–Crippen MR) is 66.2 cm³/mol. The molecular formula is C10H11Br2Cl. The second-order valence-electron chi connectivity index (χ2n) is 3.01. The van der Waals surface area contributed by atoms with Gasteiger partial charge in [0, 0.05) is 15.7 Å². The van der Waals surface area contributed by atoms with E-state index in [9.17, 15) is 0 Å². The number of hydrogen-bond acceptors (Lipinski definition) is 0. The zero-order valence-corrected chi connectivity index (χ0v) is 11.1. The second-order valence-corrected chi connectivity index (χ2v) is 4.74. The van der Waals surface area contributed by atoms with Crippen LogP contribution in [0.4, 0.5) is 0 Å². The standard InChI is InChI=1S/C10H11Br2Cl/c11-6-9(7-12)5-8-1-3-10(13)4-2-8/h1-4,9H,5-7H2. The van der Waals surface area contributed by atoms with Crippen molar-refractivity contribution in [2.45, 2.75) is 6.42 Å². The molecule has 3 heteroatoms. The normalized spacial score (nSPS) is 10.8. The zero-order valence-electron chi connectivity index (χ0n) is 7.14. The fourth-order valence-electron chi connectivity index (χ4n) is 1.10. The molecule has 0 amide bonds. The molecule has 1 aromatic rings. The molecule has 0 aliphatic heterocycles. The lowest BCUT2D eigenvalue weighted by atomic mass is 10.0. The molecule has 0 aliphatic rings. The van der Waals surface area contributed by atoms with Crippen LogP contribution < -0.4 is 0 Å². The second kappa shape index (κ2) is 6.05. The average molecular weight is 326 g/mol. The van der Waals surface area contributed by atoms with Crippen molar-refractivity contribution in [1.82, 2.24) is 0 Å². The Bertz CT molecular complexity index is 242. The van der Waals surface area contributed by atoms with Crippen molar-refractivity contribution in [2.24, 2.45) is 5.92 Å². The van der Waals surface area contributed by atoms with E-state index < -0.39 is 0 Å². The number of rotatable bonds is 4. The van der Waals surface area contributed by atoms with Gasteiger partial charge in [0.1, 0.15) is 0 Å². The summed E-state index contributed by atoms with van der Waals surface area (Å²) in [6.07, 6.45) is 1.09. The highest BCUT2D eigenvalue weighted by atomic mass is 79.9. The van der Waals surface area contributed by atoms with Gasteiger partial charge in [0.15, 0.2) is 0 Å². The zero-order chi connectivity index (χ0) is 9.68. The van der Waals surface area contributed by atoms with Gasteiger partial charge in [-0.05, 0) is 30.0 Å². The van der Waals surface area contributed by atoms with E-state index >= 15 is 0 Å². The smallest absolute Gasteiger partial charge is 0.0406 e. The van der Waals surface area contributed by atoms with Crippen molar-refractivity contribution in [3.8, 4) is 0 Å². The largest absolute Gasteiger partial charge is 0.0925 e. The highest BCUT2D eigenvalue weighted by Gasteiger charge is 2.05. The topological polar surface area (TPSA) is 0 Å². The molecule has 0 N–H and O–H groups in total. The Kier molecular flexibility index (Phi) is 5.37. The van der Waals surface area contributed by atoms with Gasteiger partial charge in [-0.1, -0.05) is 55.6 Å². The fourth-order valence-corrected chi connectivity index (χ4v) is 2.76. The van der Waals surface area contributed by atoms with E-state index in [1.807, 2.05) is 12.1 Å². The van der Waals surface area contributed by atoms with Crippen molar-refractivity contribution in [2.75, 3.05) is 10.7 Å². The van der Waals surface area contributed by atoms with Crippen LogP contribution in [0.3, 0.4) is 0 Å². The molecule has 0 radical (unpaired) electrons. The van der Waals surface area contributed by atoms with Crippen LogP contribution >= 0.6 is 43.5 Å². The van der Waals surface area contributed by atoms with Gasteiger partial charge in [-0.3, -0.25) is 0 Å². The first kappa shape index (κ1) is 11.5. The monoisotopic (exact) mass is 324 g/mol. The summed E-state index contributed by atoms with van der Waals surface area (Å²) in [5, 5.41) is 2.86. The summed E-state index contributed by atoms with van der Waals surface area (Å²) in [7, 11) is 0. The van der Waals surface area contributed by atoms with Crippen molar-refractivity contribution in [3.05, 3.63) is 34.9 Å². The molecule has 0 aliphatic carbocycles. The highest BCUT2D eigenvalue weighted by Crippen LogP contribution is 2.16. The van der Waals surface area contributed by atoms with Gasteiger partial charge in [0.05, 0.1) is 0 Å². The third-order valence-corrected chi connectivity index (χ3v) is 3.96. The first-order valence-corrected chi connectivity index (χ1v) is 6.74. The first-order valence-electron chi connectivity index (χ1n) is 4.12. The van der Waals surface area contributed by atoms with Gasteiger partial charge < -0.3 is 0 Å². The summed E-state index contributed by atoms with van der Waals surface area (Å²) in [6, 6.07) is 8.05. The summed E-state index contributed by atoms with van der Waals surface area (Å²) >= 11 is 12.8. The summed E-state index contributed by atoms with van der Waals surface area (Å²) < 4.78 is 0.